The highest BCUT2D eigenvalue weighted by Gasteiger charge is 2.18. The predicted molar refractivity (Wildman–Crippen MR) is 58.9 cm³/mol. The van der Waals surface area contributed by atoms with E-state index in [-0.39, 0.29) is 5.69 Å². The normalized spacial score (nSPS) is 10.4. The summed E-state index contributed by atoms with van der Waals surface area (Å²) >= 11 is 11.8. The van der Waals surface area contributed by atoms with Crippen LogP contribution in [0.15, 0.2) is 29.0 Å². The Morgan fingerprint density at radius 1 is 1.31 bits per heavy atom. The van der Waals surface area contributed by atoms with Crippen molar-refractivity contribution in [3.63, 3.8) is 0 Å². The van der Waals surface area contributed by atoms with Crippen LogP contribution in [0.1, 0.15) is 10.5 Å². The molecule has 2 aromatic rings. The van der Waals surface area contributed by atoms with E-state index in [1.54, 1.807) is 18.2 Å². The smallest absolute Gasteiger partial charge is 0.358 e. The molecule has 2 rings (SSSR count). The average molecular weight is 258 g/mol. The molecule has 0 unspecified atom stereocenters. The van der Waals surface area contributed by atoms with Crippen LogP contribution in [0.5, 0.6) is 0 Å². The molecule has 1 aromatic carbocycles. The Bertz CT molecular complexity index is 551. The molecule has 0 radical (unpaired) electrons. The SMILES string of the molecule is O=C(O)c1nocc1-c1cc(Cl)ccc1Cl. The second-order valence-corrected chi connectivity index (χ2v) is 3.85. The van der Waals surface area contributed by atoms with Crippen molar-refractivity contribution in [3.8, 4) is 11.1 Å². The molecule has 0 saturated carbocycles. The van der Waals surface area contributed by atoms with Crippen molar-refractivity contribution in [3.05, 3.63) is 40.2 Å². The van der Waals surface area contributed by atoms with Crippen molar-refractivity contribution in [2.24, 2.45) is 0 Å². The lowest BCUT2D eigenvalue weighted by Crippen LogP contribution is -1.98. The van der Waals surface area contributed by atoms with Gasteiger partial charge in [0.25, 0.3) is 0 Å². The number of nitrogens with zero attached hydrogens (tertiary/aromatic N) is 1. The van der Waals surface area contributed by atoms with Crippen LogP contribution < -0.4 is 0 Å². The van der Waals surface area contributed by atoms with Crippen molar-refractivity contribution >= 4 is 29.2 Å². The summed E-state index contributed by atoms with van der Waals surface area (Å²) in [6, 6.07) is 4.75. The first-order valence-electron chi connectivity index (χ1n) is 4.22. The molecule has 1 heterocycles. The molecule has 0 aliphatic carbocycles. The second-order valence-electron chi connectivity index (χ2n) is 3.01. The zero-order valence-corrected chi connectivity index (χ0v) is 9.29. The van der Waals surface area contributed by atoms with Gasteiger partial charge in [0.1, 0.15) is 6.26 Å². The Balaban J connectivity index is 2.62. The highest BCUT2D eigenvalue weighted by atomic mass is 35.5. The van der Waals surface area contributed by atoms with Crippen LogP contribution in [-0.2, 0) is 0 Å². The van der Waals surface area contributed by atoms with E-state index >= 15 is 0 Å². The van der Waals surface area contributed by atoms with Gasteiger partial charge in [-0.05, 0) is 18.2 Å². The fourth-order valence-corrected chi connectivity index (χ4v) is 1.68. The zero-order chi connectivity index (χ0) is 11.7. The number of carbonyl (C=O) groups is 1. The summed E-state index contributed by atoms with van der Waals surface area (Å²) in [5, 5.41) is 13.1. The van der Waals surface area contributed by atoms with Crippen molar-refractivity contribution < 1.29 is 14.4 Å². The predicted octanol–water partition coefficient (Wildman–Crippen LogP) is 3.35. The quantitative estimate of drug-likeness (QED) is 0.897. The molecule has 0 amide bonds. The van der Waals surface area contributed by atoms with Crippen LogP contribution in [-0.4, -0.2) is 16.2 Å². The third-order valence-electron chi connectivity index (χ3n) is 1.99. The summed E-state index contributed by atoms with van der Waals surface area (Å²) in [5.74, 6) is -1.18. The number of carboxylic acid groups (broad SMARTS) is 1. The van der Waals surface area contributed by atoms with Gasteiger partial charge >= 0.3 is 5.97 Å². The van der Waals surface area contributed by atoms with Gasteiger partial charge in [-0.3, -0.25) is 0 Å². The Morgan fingerprint density at radius 2 is 2.06 bits per heavy atom. The monoisotopic (exact) mass is 257 g/mol. The summed E-state index contributed by atoms with van der Waals surface area (Å²) in [6.07, 6.45) is 1.22. The Hall–Kier alpha value is -1.52. The minimum absolute atomic E-state index is 0.191. The topological polar surface area (TPSA) is 63.3 Å². The maximum atomic E-state index is 10.9. The third-order valence-corrected chi connectivity index (χ3v) is 2.56. The standard InChI is InChI=1S/C10H5Cl2NO3/c11-5-1-2-8(12)6(3-5)7-4-16-13-9(7)10(14)15/h1-4H,(H,14,15). The van der Waals surface area contributed by atoms with Crippen LogP contribution in [0.25, 0.3) is 11.1 Å². The third kappa shape index (κ3) is 1.89. The number of hydrogen-bond acceptors (Lipinski definition) is 3. The maximum Gasteiger partial charge on any atom is 0.358 e. The van der Waals surface area contributed by atoms with Crippen LogP contribution in [0, 0.1) is 0 Å². The van der Waals surface area contributed by atoms with Crippen LogP contribution in [0.3, 0.4) is 0 Å². The van der Waals surface area contributed by atoms with Crippen LogP contribution in [0.4, 0.5) is 0 Å². The summed E-state index contributed by atoms with van der Waals surface area (Å²) in [7, 11) is 0. The van der Waals surface area contributed by atoms with E-state index in [2.05, 4.69) is 9.68 Å². The summed E-state index contributed by atoms with van der Waals surface area (Å²) in [4.78, 5) is 10.9. The summed E-state index contributed by atoms with van der Waals surface area (Å²) in [5.41, 5.74) is 0.594. The molecule has 1 N–H and O–H groups in total. The molecule has 82 valence electrons. The fraction of sp³-hybridized carbons (Fsp3) is 0. The molecule has 0 aliphatic rings. The van der Waals surface area contributed by atoms with Gasteiger partial charge in [0, 0.05) is 15.6 Å². The highest BCUT2D eigenvalue weighted by Crippen LogP contribution is 2.32. The van der Waals surface area contributed by atoms with E-state index in [4.69, 9.17) is 28.3 Å². The highest BCUT2D eigenvalue weighted by molar-refractivity contribution is 6.35. The summed E-state index contributed by atoms with van der Waals surface area (Å²) < 4.78 is 4.62. The molecule has 0 saturated heterocycles. The Morgan fingerprint density at radius 3 is 2.75 bits per heavy atom. The molecule has 0 bridgehead atoms. The molecule has 1 aromatic heterocycles. The Labute approximate surface area is 100 Å². The molecule has 6 heteroatoms. The lowest BCUT2D eigenvalue weighted by molar-refractivity contribution is 0.0686. The minimum atomic E-state index is -1.18. The number of aromatic carboxylic acids is 1. The molecule has 16 heavy (non-hydrogen) atoms. The second kappa shape index (κ2) is 4.15. The molecule has 4 nitrogen and oxygen atoms in total. The fourth-order valence-electron chi connectivity index (χ4n) is 1.29. The molecule has 0 aliphatic heterocycles. The first-order valence-corrected chi connectivity index (χ1v) is 4.98. The van der Waals surface area contributed by atoms with Gasteiger partial charge in [-0.15, -0.1) is 0 Å². The van der Waals surface area contributed by atoms with Gasteiger partial charge in [0.05, 0.1) is 5.56 Å². The van der Waals surface area contributed by atoms with Gasteiger partial charge in [0.15, 0.2) is 5.69 Å². The van der Waals surface area contributed by atoms with E-state index in [0.29, 0.717) is 21.2 Å². The molecule has 0 fully saturated rings. The number of benzene rings is 1. The van der Waals surface area contributed by atoms with E-state index in [1.165, 1.54) is 6.26 Å². The number of aromatic nitrogens is 1. The van der Waals surface area contributed by atoms with Crippen LogP contribution >= 0.6 is 23.2 Å². The minimum Gasteiger partial charge on any atom is -0.476 e. The van der Waals surface area contributed by atoms with E-state index in [0.717, 1.165) is 0 Å². The number of hydrogen-bond donors (Lipinski definition) is 1. The lowest BCUT2D eigenvalue weighted by Gasteiger charge is -2.02. The van der Waals surface area contributed by atoms with Gasteiger partial charge in [0.2, 0.25) is 0 Å². The van der Waals surface area contributed by atoms with Gasteiger partial charge < -0.3 is 9.63 Å². The Kier molecular flexibility index (Phi) is 2.85. The van der Waals surface area contributed by atoms with Crippen molar-refractivity contribution in [1.82, 2.24) is 5.16 Å². The average Bonchev–Trinajstić information content (AvgIpc) is 2.70. The number of rotatable bonds is 2. The first kappa shape index (κ1) is 11.0. The lowest BCUT2D eigenvalue weighted by atomic mass is 10.1. The van der Waals surface area contributed by atoms with Gasteiger partial charge in [-0.2, -0.15) is 0 Å². The van der Waals surface area contributed by atoms with Crippen molar-refractivity contribution in [2.75, 3.05) is 0 Å². The molecular weight excluding hydrogens is 253 g/mol. The molecular formula is C10H5Cl2NO3. The van der Waals surface area contributed by atoms with E-state index in [1.807, 2.05) is 0 Å². The maximum absolute atomic E-state index is 10.9. The zero-order valence-electron chi connectivity index (χ0n) is 7.78. The van der Waals surface area contributed by atoms with Gasteiger partial charge in [-0.25, -0.2) is 4.79 Å². The van der Waals surface area contributed by atoms with Crippen LogP contribution in [0.2, 0.25) is 10.0 Å². The van der Waals surface area contributed by atoms with Crippen molar-refractivity contribution in [1.29, 1.82) is 0 Å². The van der Waals surface area contributed by atoms with Gasteiger partial charge in [-0.1, -0.05) is 28.4 Å². The largest absolute Gasteiger partial charge is 0.476 e. The first-order chi connectivity index (χ1) is 7.59. The van der Waals surface area contributed by atoms with Crippen molar-refractivity contribution in [2.45, 2.75) is 0 Å². The number of halogens is 2. The molecule has 0 atom stereocenters. The van der Waals surface area contributed by atoms with E-state index < -0.39 is 5.97 Å². The van der Waals surface area contributed by atoms with E-state index in [9.17, 15) is 4.79 Å². The molecule has 0 spiro atoms. The summed E-state index contributed by atoms with van der Waals surface area (Å²) in [6.45, 7) is 0. The number of carboxylic acids is 1.